The standard InChI is InChI=1S/C46H45N5O8/c1-50-36-12-13-47-21-35(36)32-7-4-27(16-38(32)50)28-5-11-40(48-20-28)59-31-17-30(18-31)58-26-45-22-44(23-46(44,45)24-45)25-56-14-2-3-15-57-29-6-8-33-34(19-29)43(55)51(42(33)54)37-9-10-39(52)49-41(37)53/h4-8,11-13,16,19-21,30-31,37H,2-3,9-10,14-15,17-18,22-26H2,1H3,(H,49,52,53). The van der Waals surface area contributed by atoms with Crippen LogP contribution in [-0.4, -0.2) is 87.7 Å². The Balaban J connectivity index is 0.576. The van der Waals surface area contributed by atoms with Crippen LogP contribution in [0.1, 0.15) is 78.5 Å². The molecule has 4 saturated carbocycles. The van der Waals surface area contributed by atoms with Gasteiger partial charge in [0.15, 0.2) is 0 Å². The highest BCUT2D eigenvalue weighted by molar-refractivity contribution is 6.23. The summed E-state index contributed by atoms with van der Waals surface area (Å²) >= 11 is 0. The van der Waals surface area contributed by atoms with E-state index in [1.165, 1.54) is 35.7 Å². The van der Waals surface area contributed by atoms with Gasteiger partial charge in [0, 0.05) is 90.3 Å². The predicted molar refractivity (Wildman–Crippen MR) is 215 cm³/mol. The van der Waals surface area contributed by atoms with Gasteiger partial charge in [-0.3, -0.25) is 34.4 Å². The first kappa shape index (κ1) is 36.4. The van der Waals surface area contributed by atoms with Crippen molar-refractivity contribution in [3.63, 3.8) is 0 Å². The molecule has 1 spiro atoms. The van der Waals surface area contributed by atoms with Crippen molar-refractivity contribution in [3.05, 3.63) is 84.3 Å². The van der Waals surface area contributed by atoms with Crippen LogP contribution >= 0.6 is 0 Å². The van der Waals surface area contributed by atoms with Crippen LogP contribution in [-0.2, 0) is 26.1 Å². The molecule has 13 nitrogen and oxygen atoms in total. The van der Waals surface area contributed by atoms with Gasteiger partial charge in [0.05, 0.1) is 42.6 Å². The number of benzene rings is 2. The fraction of sp³-hybridized carbons (Fsp3) is 0.435. The Hall–Kier alpha value is -5.66. The molecule has 2 aromatic carbocycles. The number of pyridine rings is 2. The van der Waals surface area contributed by atoms with Crippen LogP contribution in [0, 0.1) is 16.2 Å². The first-order chi connectivity index (χ1) is 28.7. The molecule has 4 unspecified atom stereocenters. The molecule has 3 aromatic heterocycles. The Morgan fingerprint density at radius 2 is 1.61 bits per heavy atom. The minimum Gasteiger partial charge on any atom is -0.494 e. The smallest absolute Gasteiger partial charge is 0.262 e. The SMILES string of the molecule is Cn1c2ccncc2c2ccc(-c3ccc(OC4CC(OCC56CC7(COCCCCOc8ccc9c(c8)C(=O)N(C8CCC(=O)NC8=O)C9=O)CC75C6)C4)nc3)cc21. The summed E-state index contributed by atoms with van der Waals surface area (Å²) in [4.78, 5) is 59.8. The highest BCUT2D eigenvalue weighted by Crippen LogP contribution is 3.00. The number of nitrogens with one attached hydrogen (secondary N) is 1. The molecule has 0 radical (unpaired) electrons. The highest BCUT2D eigenvalue weighted by Gasteiger charge is 2.96. The van der Waals surface area contributed by atoms with Gasteiger partial charge < -0.3 is 23.5 Å². The van der Waals surface area contributed by atoms with E-state index in [-0.39, 0.29) is 36.2 Å². The lowest BCUT2D eigenvalue weighted by atomic mass is 9.75. The van der Waals surface area contributed by atoms with E-state index in [4.69, 9.17) is 18.9 Å². The van der Waals surface area contributed by atoms with E-state index in [1.807, 2.05) is 24.7 Å². The number of aryl methyl sites for hydroxylation is 1. The number of carbonyl (C=O) groups is 4. The van der Waals surface area contributed by atoms with Crippen LogP contribution in [0.4, 0.5) is 0 Å². The van der Waals surface area contributed by atoms with Crippen molar-refractivity contribution in [2.75, 3.05) is 26.4 Å². The molecule has 5 fully saturated rings. The number of unbranched alkanes of at least 4 members (excludes halogenated alkanes) is 1. The molecule has 4 aliphatic carbocycles. The topological polar surface area (TPSA) is 151 Å². The van der Waals surface area contributed by atoms with E-state index in [9.17, 15) is 19.2 Å². The Labute approximate surface area is 340 Å². The molecule has 1 N–H and O–H groups in total. The Kier molecular flexibility index (Phi) is 8.29. The number of imide groups is 2. The molecule has 4 amide bonds. The number of aromatic nitrogens is 3. The number of piperidine rings is 1. The van der Waals surface area contributed by atoms with Gasteiger partial charge in [-0.2, -0.15) is 0 Å². The average molecular weight is 796 g/mol. The summed E-state index contributed by atoms with van der Waals surface area (Å²) < 4.78 is 26.9. The zero-order valence-electron chi connectivity index (χ0n) is 32.9. The summed E-state index contributed by atoms with van der Waals surface area (Å²) in [6, 6.07) is 16.4. The number of fused-ring (bicyclic) bond motifs is 4. The van der Waals surface area contributed by atoms with Crippen molar-refractivity contribution in [3.8, 4) is 22.8 Å². The van der Waals surface area contributed by atoms with Crippen molar-refractivity contribution in [2.45, 2.75) is 76.0 Å². The van der Waals surface area contributed by atoms with Crippen LogP contribution in [0.25, 0.3) is 32.9 Å². The van der Waals surface area contributed by atoms with E-state index < -0.39 is 29.7 Å². The molecule has 5 heterocycles. The Morgan fingerprint density at radius 1 is 0.797 bits per heavy atom. The number of hydrogen-bond donors (Lipinski definition) is 1. The van der Waals surface area contributed by atoms with Gasteiger partial charge in [-0.05, 0) is 85.9 Å². The van der Waals surface area contributed by atoms with E-state index in [0.29, 0.717) is 41.1 Å². The summed E-state index contributed by atoms with van der Waals surface area (Å²) in [5.74, 6) is -0.943. The number of hydrogen-bond acceptors (Lipinski definition) is 10. The van der Waals surface area contributed by atoms with Gasteiger partial charge in [-0.15, -0.1) is 0 Å². The first-order valence-electron chi connectivity index (χ1n) is 20.8. The molecule has 13 heteroatoms. The van der Waals surface area contributed by atoms with Crippen LogP contribution in [0.15, 0.2) is 73.2 Å². The lowest BCUT2D eigenvalue weighted by molar-refractivity contribution is -0.136. The third-order valence-electron chi connectivity index (χ3n) is 14.3. The second-order valence-electron chi connectivity index (χ2n) is 17.6. The molecule has 1 saturated heterocycles. The van der Waals surface area contributed by atoms with Crippen molar-refractivity contribution in [1.29, 1.82) is 0 Å². The first-order valence-corrected chi connectivity index (χ1v) is 20.8. The van der Waals surface area contributed by atoms with E-state index in [1.54, 1.807) is 18.2 Å². The molecule has 2 aliphatic heterocycles. The summed E-state index contributed by atoms with van der Waals surface area (Å²) in [6.07, 6.45) is 13.4. The second kappa shape index (κ2) is 13.4. The fourth-order valence-electron chi connectivity index (χ4n) is 10.9. The van der Waals surface area contributed by atoms with Gasteiger partial charge in [-0.1, -0.05) is 12.1 Å². The maximum absolute atomic E-state index is 13.1. The summed E-state index contributed by atoms with van der Waals surface area (Å²) in [5, 5.41) is 4.57. The number of nitrogens with zero attached hydrogens (tertiary/aromatic N) is 4. The second-order valence-corrected chi connectivity index (χ2v) is 17.6. The number of rotatable bonds is 15. The quantitative estimate of drug-likeness (QED) is 0.0964. The van der Waals surface area contributed by atoms with Crippen LogP contribution < -0.4 is 14.8 Å². The normalized spacial score (nSPS) is 28.8. The lowest BCUT2D eigenvalue weighted by Crippen LogP contribution is -2.54. The lowest BCUT2D eigenvalue weighted by Gasteiger charge is -2.39. The third-order valence-corrected chi connectivity index (χ3v) is 14.3. The molecule has 4 atom stereocenters. The molecule has 11 rings (SSSR count). The molecular formula is C46H45N5O8. The molecule has 59 heavy (non-hydrogen) atoms. The molecule has 5 aromatic rings. The van der Waals surface area contributed by atoms with Crippen LogP contribution in [0.5, 0.6) is 11.6 Å². The van der Waals surface area contributed by atoms with E-state index in [2.05, 4.69) is 57.2 Å². The third kappa shape index (κ3) is 5.79. The van der Waals surface area contributed by atoms with Crippen LogP contribution in [0.2, 0.25) is 0 Å². The molecule has 0 bridgehead atoms. The van der Waals surface area contributed by atoms with Crippen molar-refractivity contribution >= 4 is 45.4 Å². The van der Waals surface area contributed by atoms with Gasteiger partial charge in [0.1, 0.15) is 17.9 Å². The molecule has 302 valence electrons. The minimum atomic E-state index is -0.987. The number of ether oxygens (including phenoxy) is 4. The van der Waals surface area contributed by atoms with Gasteiger partial charge in [0.2, 0.25) is 17.7 Å². The van der Waals surface area contributed by atoms with Crippen molar-refractivity contribution < 1.29 is 38.1 Å². The summed E-state index contributed by atoms with van der Waals surface area (Å²) in [5.41, 5.74) is 6.08. The highest BCUT2D eigenvalue weighted by atomic mass is 16.5. The maximum Gasteiger partial charge on any atom is 0.262 e. The largest absolute Gasteiger partial charge is 0.494 e. The predicted octanol–water partition coefficient (Wildman–Crippen LogP) is 6.16. The average Bonchev–Trinajstić information content (AvgIpc) is 3.85. The Morgan fingerprint density at radius 3 is 2.42 bits per heavy atom. The maximum atomic E-state index is 13.1. The van der Waals surface area contributed by atoms with Gasteiger partial charge >= 0.3 is 0 Å². The monoisotopic (exact) mass is 795 g/mol. The zero-order valence-corrected chi connectivity index (χ0v) is 32.9. The van der Waals surface area contributed by atoms with Gasteiger partial charge in [-0.25, -0.2) is 4.98 Å². The Bertz CT molecular complexity index is 2580. The van der Waals surface area contributed by atoms with Crippen molar-refractivity contribution in [2.24, 2.45) is 23.3 Å². The molecule has 6 aliphatic rings. The zero-order chi connectivity index (χ0) is 40.1. The van der Waals surface area contributed by atoms with Crippen molar-refractivity contribution in [1.82, 2.24) is 24.8 Å². The van der Waals surface area contributed by atoms with E-state index >= 15 is 0 Å². The minimum absolute atomic E-state index is 0.0832. The van der Waals surface area contributed by atoms with E-state index in [0.717, 1.165) is 60.3 Å². The summed E-state index contributed by atoms with van der Waals surface area (Å²) in [6.45, 7) is 2.77. The van der Waals surface area contributed by atoms with Crippen LogP contribution in [0.3, 0.4) is 0 Å². The fourth-order valence-corrected chi connectivity index (χ4v) is 10.9. The van der Waals surface area contributed by atoms with Gasteiger partial charge in [0.25, 0.3) is 11.8 Å². The molecular weight excluding hydrogens is 751 g/mol. The summed E-state index contributed by atoms with van der Waals surface area (Å²) in [7, 11) is 2.09. The number of amides is 4. The number of carbonyl (C=O) groups excluding carboxylic acids is 4.